The molecule has 0 N–H and O–H groups in total. The molecule has 1 fully saturated rings. The van der Waals surface area contributed by atoms with Gasteiger partial charge in [0.2, 0.25) is 5.91 Å². The lowest BCUT2D eigenvalue weighted by Crippen LogP contribution is -2.30. The van der Waals surface area contributed by atoms with Crippen LogP contribution in [0.4, 0.5) is 0 Å². The van der Waals surface area contributed by atoms with Crippen molar-refractivity contribution in [2.24, 2.45) is 5.92 Å². The third kappa shape index (κ3) is 3.40. The quantitative estimate of drug-likeness (QED) is 0.794. The Hall–Kier alpha value is -2.35. The smallest absolute Gasteiger partial charge is 0.312 e. The third-order valence-electron chi connectivity index (χ3n) is 3.72. The molecule has 2 rings (SSSR count). The van der Waals surface area contributed by atoms with Gasteiger partial charge in [0.1, 0.15) is 6.07 Å². The molecule has 0 spiro atoms. The van der Waals surface area contributed by atoms with Crippen LogP contribution >= 0.6 is 0 Å². The highest BCUT2D eigenvalue weighted by Crippen LogP contribution is 2.29. The first-order chi connectivity index (χ1) is 10.0. The normalized spacial score (nSPS) is 20.7. The van der Waals surface area contributed by atoms with E-state index >= 15 is 0 Å². The van der Waals surface area contributed by atoms with Crippen LogP contribution in [0.25, 0.3) is 0 Å². The van der Waals surface area contributed by atoms with Crippen molar-refractivity contribution in [3.05, 3.63) is 35.9 Å². The van der Waals surface area contributed by atoms with Crippen molar-refractivity contribution in [1.29, 1.82) is 5.26 Å². The van der Waals surface area contributed by atoms with E-state index < -0.39 is 18.0 Å². The number of hydrogen-bond donors (Lipinski definition) is 0. The lowest BCUT2D eigenvalue weighted by atomic mass is 10.1. The number of esters is 1. The van der Waals surface area contributed by atoms with Crippen LogP contribution < -0.4 is 0 Å². The number of nitriles is 1. The zero-order valence-electron chi connectivity index (χ0n) is 12.2. The second kappa shape index (κ2) is 6.40. The van der Waals surface area contributed by atoms with E-state index in [4.69, 9.17) is 10.00 Å². The number of likely N-dealkylation sites (tertiary alicyclic amines) is 1. The predicted octanol–water partition coefficient (Wildman–Crippen LogP) is 2.05. The maximum atomic E-state index is 12.1. The number of nitrogens with zero attached hydrogens (tertiary/aromatic N) is 2. The maximum Gasteiger partial charge on any atom is 0.312 e. The highest BCUT2D eigenvalue weighted by Gasteiger charge is 2.38. The maximum absolute atomic E-state index is 12.1. The molecule has 1 aliphatic rings. The number of carbonyl (C=O) groups is 2. The summed E-state index contributed by atoms with van der Waals surface area (Å²) in [4.78, 5) is 25.7. The van der Waals surface area contributed by atoms with Crippen molar-refractivity contribution >= 4 is 11.9 Å². The Kier molecular flexibility index (Phi) is 4.59. The van der Waals surface area contributed by atoms with Gasteiger partial charge in [0, 0.05) is 13.0 Å². The van der Waals surface area contributed by atoms with Crippen LogP contribution in [-0.4, -0.2) is 29.4 Å². The van der Waals surface area contributed by atoms with Gasteiger partial charge >= 0.3 is 5.97 Å². The first-order valence-corrected chi connectivity index (χ1v) is 6.97. The molecule has 0 aliphatic carbocycles. The summed E-state index contributed by atoms with van der Waals surface area (Å²) in [5, 5.41) is 8.66. The molecule has 5 heteroatoms. The van der Waals surface area contributed by atoms with Crippen molar-refractivity contribution in [1.82, 2.24) is 4.90 Å². The molecular formula is C16H18N2O3. The van der Waals surface area contributed by atoms with E-state index in [1.165, 1.54) is 6.92 Å². The third-order valence-corrected chi connectivity index (χ3v) is 3.72. The Morgan fingerprint density at radius 2 is 2.05 bits per heavy atom. The van der Waals surface area contributed by atoms with Crippen LogP contribution in [0.1, 0.15) is 31.9 Å². The molecule has 1 amide bonds. The van der Waals surface area contributed by atoms with E-state index in [9.17, 15) is 9.59 Å². The molecule has 1 saturated heterocycles. The summed E-state index contributed by atoms with van der Waals surface area (Å²) in [6.07, 6.45) is -0.637. The van der Waals surface area contributed by atoms with Crippen molar-refractivity contribution in [3.63, 3.8) is 0 Å². The molecule has 1 heterocycles. The van der Waals surface area contributed by atoms with E-state index in [0.717, 1.165) is 5.56 Å². The summed E-state index contributed by atoms with van der Waals surface area (Å²) in [6.45, 7) is 3.80. The summed E-state index contributed by atoms with van der Waals surface area (Å²) in [6, 6.07) is 11.5. The van der Waals surface area contributed by atoms with Crippen molar-refractivity contribution in [2.75, 3.05) is 6.54 Å². The minimum Gasteiger partial charge on any atom is -0.447 e. The molecule has 0 saturated carbocycles. The van der Waals surface area contributed by atoms with Gasteiger partial charge in [-0.25, -0.2) is 0 Å². The van der Waals surface area contributed by atoms with Gasteiger partial charge in [0.15, 0.2) is 6.10 Å². The van der Waals surface area contributed by atoms with E-state index in [-0.39, 0.29) is 18.4 Å². The number of amides is 1. The Balaban J connectivity index is 2.03. The average molecular weight is 286 g/mol. The van der Waals surface area contributed by atoms with Gasteiger partial charge in [-0.05, 0) is 19.4 Å². The number of hydrogen-bond acceptors (Lipinski definition) is 4. The summed E-state index contributed by atoms with van der Waals surface area (Å²) in [7, 11) is 0. The fourth-order valence-corrected chi connectivity index (χ4v) is 2.47. The monoisotopic (exact) mass is 286 g/mol. The molecule has 1 aromatic rings. The van der Waals surface area contributed by atoms with Gasteiger partial charge in [-0.15, -0.1) is 0 Å². The molecule has 0 aromatic heterocycles. The molecule has 1 aromatic carbocycles. The highest BCUT2D eigenvalue weighted by atomic mass is 16.5. The van der Waals surface area contributed by atoms with E-state index in [1.54, 1.807) is 4.90 Å². The fraction of sp³-hybridized carbons (Fsp3) is 0.438. The number of rotatable bonds is 4. The minimum atomic E-state index is -0.784. The minimum absolute atomic E-state index is 0.0575. The summed E-state index contributed by atoms with van der Waals surface area (Å²) < 4.78 is 4.99. The second-order valence-electron chi connectivity index (χ2n) is 5.24. The van der Waals surface area contributed by atoms with Crippen LogP contribution in [0.2, 0.25) is 0 Å². The van der Waals surface area contributed by atoms with Crippen LogP contribution in [-0.2, 0) is 14.3 Å². The van der Waals surface area contributed by atoms with Gasteiger partial charge in [-0.2, -0.15) is 5.26 Å². The van der Waals surface area contributed by atoms with Gasteiger partial charge in [0.05, 0.1) is 12.0 Å². The first kappa shape index (κ1) is 15.0. The van der Waals surface area contributed by atoms with Gasteiger partial charge < -0.3 is 9.64 Å². The van der Waals surface area contributed by atoms with Crippen LogP contribution in [0, 0.1) is 17.2 Å². The Labute approximate surface area is 124 Å². The molecule has 21 heavy (non-hydrogen) atoms. The lowest BCUT2D eigenvalue weighted by molar-refractivity contribution is -0.150. The molecule has 0 unspecified atom stereocenters. The predicted molar refractivity (Wildman–Crippen MR) is 75.8 cm³/mol. The van der Waals surface area contributed by atoms with Crippen molar-refractivity contribution in [2.45, 2.75) is 32.4 Å². The number of ether oxygens (including phenoxy) is 1. The molecule has 5 nitrogen and oxygen atoms in total. The van der Waals surface area contributed by atoms with Gasteiger partial charge in [0.25, 0.3) is 0 Å². The standard InChI is InChI=1S/C16H18N2O3/c1-11(9-17)21-16(20)14-8-15(19)18(10-14)12(2)13-6-4-3-5-7-13/h3-7,11-12,14H,8,10H2,1-2H3/t11-,12+,14-/m1/s1. The summed E-state index contributed by atoms with van der Waals surface area (Å²) >= 11 is 0. The second-order valence-corrected chi connectivity index (χ2v) is 5.24. The lowest BCUT2D eigenvalue weighted by Gasteiger charge is -2.25. The molecule has 3 atom stereocenters. The van der Waals surface area contributed by atoms with Gasteiger partial charge in [-0.1, -0.05) is 30.3 Å². The van der Waals surface area contributed by atoms with E-state index in [2.05, 4.69) is 0 Å². The topological polar surface area (TPSA) is 70.4 Å². The summed E-state index contributed by atoms with van der Waals surface area (Å²) in [5.74, 6) is -1.02. The summed E-state index contributed by atoms with van der Waals surface area (Å²) in [5.41, 5.74) is 1.03. The largest absolute Gasteiger partial charge is 0.447 e. The SMILES string of the molecule is C[C@H](C#N)OC(=O)[C@@H]1CC(=O)N([C@@H](C)c2ccccc2)C1. The first-order valence-electron chi connectivity index (χ1n) is 6.97. The zero-order chi connectivity index (χ0) is 15.4. The molecular weight excluding hydrogens is 268 g/mol. The zero-order valence-corrected chi connectivity index (χ0v) is 12.2. The highest BCUT2D eigenvalue weighted by molar-refractivity contribution is 5.87. The Morgan fingerprint density at radius 3 is 2.67 bits per heavy atom. The number of benzene rings is 1. The Bertz CT molecular complexity index is 565. The van der Waals surface area contributed by atoms with Crippen LogP contribution in [0.5, 0.6) is 0 Å². The molecule has 0 radical (unpaired) electrons. The van der Waals surface area contributed by atoms with Crippen LogP contribution in [0.3, 0.4) is 0 Å². The average Bonchev–Trinajstić information content (AvgIpc) is 2.89. The Morgan fingerprint density at radius 1 is 1.38 bits per heavy atom. The van der Waals surface area contributed by atoms with Gasteiger partial charge in [-0.3, -0.25) is 9.59 Å². The van der Waals surface area contributed by atoms with E-state index in [1.807, 2.05) is 43.3 Å². The van der Waals surface area contributed by atoms with Crippen LogP contribution in [0.15, 0.2) is 30.3 Å². The fourth-order valence-electron chi connectivity index (χ4n) is 2.47. The molecule has 0 bridgehead atoms. The molecule has 1 aliphatic heterocycles. The van der Waals surface area contributed by atoms with Crippen molar-refractivity contribution < 1.29 is 14.3 Å². The molecule has 110 valence electrons. The number of carbonyl (C=O) groups excluding carboxylic acids is 2. The van der Waals surface area contributed by atoms with E-state index in [0.29, 0.717) is 6.54 Å². The van der Waals surface area contributed by atoms with Crippen molar-refractivity contribution in [3.8, 4) is 6.07 Å².